The van der Waals surface area contributed by atoms with Gasteiger partial charge < -0.3 is 19.5 Å². The first-order valence-electron chi connectivity index (χ1n) is 7.95. The fourth-order valence-corrected chi connectivity index (χ4v) is 3.68. The Bertz CT molecular complexity index is 873. The standard InChI is InChI=1S/C16H20N4O4S/c1-4-14(21)17-8-11-9-20(16(22)24-11)10-5-6-12-13(7-10)25-15(18-23-3)19(12)2/h5-7,11H,4,8-9H2,1-3H3,(H,17,21)/t11-/m0/s1. The highest BCUT2D eigenvalue weighted by Gasteiger charge is 2.32. The van der Waals surface area contributed by atoms with Gasteiger partial charge in [0.15, 0.2) is 0 Å². The number of rotatable bonds is 5. The van der Waals surface area contributed by atoms with Gasteiger partial charge in [0.25, 0.3) is 0 Å². The third-order valence-corrected chi connectivity index (χ3v) is 5.07. The number of hydrogen-bond acceptors (Lipinski definition) is 6. The van der Waals surface area contributed by atoms with E-state index >= 15 is 0 Å². The lowest BCUT2D eigenvalue weighted by atomic mass is 10.2. The Kier molecular flexibility index (Phi) is 4.93. The fourth-order valence-electron chi connectivity index (χ4n) is 2.65. The molecule has 0 unspecified atom stereocenters. The zero-order chi connectivity index (χ0) is 18.0. The summed E-state index contributed by atoms with van der Waals surface area (Å²) in [6, 6.07) is 5.75. The zero-order valence-corrected chi connectivity index (χ0v) is 15.1. The molecule has 0 spiro atoms. The molecule has 8 nitrogen and oxygen atoms in total. The molecule has 1 fully saturated rings. The van der Waals surface area contributed by atoms with Crippen LogP contribution in [0.2, 0.25) is 0 Å². The first-order valence-corrected chi connectivity index (χ1v) is 8.76. The number of aryl methyl sites for hydroxylation is 1. The van der Waals surface area contributed by atoms with Crippen molar-refractivity contribution < 1.29 is 19.2 Å². The summed E-state index contributed by atoms with van der Waals surface area (Å²) in [4.78, 5) is 30.7. The summed E-state index contributed by atoms with van der Waals surface area (Å²) < 4.78 is 8.26. The molecule has 2 heterocycles. The monoisotopic (exact) mass is 364 g/mol. The van der Waals surface area contributed by atoms with Crippen molar-refractivity contribution in [3.63, 3.8) is 0 Å². The lowest BCUT2D eigenvalue weighted by Crippen LogP contribution is -2.34. The Morgan fingerprint density at radius 1 is 1.52 bits per heavy atom. The lowest BCUT2D eigenvalue weighted by Gasteiger charge is -2.13. The number of thiazole rings is 1. The van der Waals surface area contributed by atoms with Crippen LogP contribution in [-0.4, -0.2) is 42.9 Å². The largest absolute Gasteiger partial charge is 0.442 e. The van der Waals surface area contributed by atoms with Gasteiger partial charge in [0.2, 0.25) is 10.7 Å². The van der Waals surface area contributed by atoms with Crippen LogP contribution in [0.15, 0.2) is 23.4 Å². The lowest BCUT2D eigenvalue weighted by molar-refractivity contribution is -0.121. The number of anilines is 1. The molecule has 0 radical (unpaired) electrons. The Morgan fingerprint density at radius 2 is 2.32 bits per heavy atom. The van der Waals surface area contributed by atoms with Crippen LogP contribution in [0.25, 0.3) is 10.2 Å². The van der Waals surface area contributed by atoms with Crippen molar-refractivity contribution >= 4 is 39.2 Å². The Balaban J connectivity index is 1.80. The van der Waals surface area contributed by atoms with Gasteiger partial charge in [-0.1, -0.05) is 23.4 Å². The fraction of sp³-hybridized carbons (Fsp3) is 0.438. The van der Waals surface area contributed by atoms with E-state index in [2.05, 4.69) is 10.5 Å². The highest BCUT2D eigenvalue weighted by atomic mass is 32.1. The number of hydrogen-bond donors (Lipinski definition) is 1. The van der Waals surface area contributed by atoms with Crippen molar-refractivity contribution in [2.45, 2.75) is 19.4 Å². The summed E-state index contributed by atoms with van der Waals surface area (Å²) in [5, 5.41) is 6.73. The molecule has 1 atom stereocenters. The first-order chi connectivity index (χ1) is 12.0. The summed E-state index contributed by atoms with van der Waals surface area (Å²) in [6.45, 7) is 2.51. The van der Waals surface area contributed by atoms with Gasteiger partial charge in [-0.25, -0.2) is 4.79 Å². The van der Waals surface area contributed by atoms with Crippen molar-refractivity contribution in [2.75, 3.05) is 25.1 Å². The highest BCUT2D eigenvalue weighted by molar-refractivity contribution is 7.16. The van der Waals surface area contributed by atoms with Crippen LogP contribution in [-0.2, 0) is 21.4 Å². The zero-order valence-electron chi connectivity index (χ0n) is 14.3. The number of nitrogens with one attached hydrogen (secondary N) is 1. The average molecular weight is 364 g/mol. The summed E-state index contributed by atoms with van der Waals surface area (Å²) in [5.74, 6) is -0.0589. The smallest absolute Gasteiger partial charge is 0.414 e. The van der Waals surface area contributed by atoms with Gasteiger partial charge in [-0.15, -0.1) is 0 Å². The second-order valence-electron chi connectivity index (χ2n) is 5.64. The molecule has 3 rings (SSSR count). The molecule has 134 valence electrons. The second-order valence-corrected chi connectivity index (χ2v) is 6.65. The summed E-state index contributed by atoms with van der Waals surface area (Å²) in [7, 11) is 3.42. The molecular formula is C16H20N4O4S. The van der Waals surface area contributed by atoms with Crippen LogP contribution in [0.4, 0.5) is 10.5 Å². The normalized spacial score (nSPS) is 17.9. The number of nitrogens with zero attached hydrogens (tertiary/aromatic N) is 3. The maximum atomic E-state index is 12.2. The number of ether oxygens (including phenoxy) is 1. The van der Waals surface area contributed by atoms with E-state index in [1.807, 2.05) is 29.8 Å². The van der Waals surface area contributed by atoms with Gasteiger partial charge in [-0.3, -0.25) is 9.69 Å². The van der Waals surface area contributed by atoms with Crippen molar-refractivity contribution in [3.8, 4) is 0 Å². The average Bonchev–Trinajstić information content (AvgIpc) is 3.13. The maximum absolute atomic E-state index is 12.2. The first kappa shape index (κ1) is 17.3. The predicted octanol–water partition coefficient (Wildman–Crippen LogP) is 1.55. The van der Waals surface area contributed by atoms with Crippen LogP contribution >= 0.6 is 11.3 Å². The SMILES string of the molecule is CCC(=O)NC[C@H]1CN(c2ccc3c(c2)sc(=NOC)n3C)C(=O)O1. The van der Waals surface area contributed by atoms with E-state index in [-0.39, 0.29) is 12.0 Å². The number of carbonyl (C=O) groups excluding carboxylic acids is 2. The van der Waals surface area contributed by atoms with Gasteiger partial charge in [-0.05, 0) is 18.2 Å². The minimum Gasteiger partial charge on any atom is -0.442 e. The van der Waals surface area contributed by atoms with Crippen LogP contribution < -0.4 is 15.0 Å². The van der Waals surface area contributed by atoms with E-state index in [1.54, 1.807) is 11.8 Å². The van der Waals surface area contributed by atoms with Gasteiger partial charge in [0.1, 0.15) is 13.2 Å². The molecule has 1 aromatic carbocycles. The van der Waals surface area contributed by atoms with Gasteiger partial charge >= 0.3 is 6.09 Å². The number of carbonyl (C=O) groups is 2. The quantitative estimate of drug-likeness (QED) is 0.816. The minimum absolute atomic E-state index is 0.0589. The van der Waals surface area contributed by atoms with E-state index in [0.717, 1.165) is 20.7 Å². The van der Waals surface area contributed by atoms with Crippen LogP contribution in [0.3, 0.4) is 0 Å². The van der Waals surface area contributed by atoms with E-state index in [4.69, 9.17) is 9.57 Å². The van der Waals surface area contributed by atoms with Crippen molar-refractivity contribution in [1.82, 2.24) is 9.88 Å². The van der Waals surface area contributed by atoms with Crippen molar-refractivity contribution in [3.05, 3.63) is 23.0 Å². The van der Waals surface area contributed by atoms with E-state index in [9.17, 15) is 9.59 Å². The van der Waals surface area contributed by atoms with E-state index in [1.165, 1.54) is 18.4 Å². The maximum Gasteiger partial charge on any atom is 0.414 e. The molecule has 1 aromatic heterocycles. The number of amides is 2. The summed E-state index contributed by atoms with van der Waals surface area (Å²) in [5.41, 5.74) is 1.76. The Morgan fingerprint density at radius 3 is 3.04 bits per heavy atom. The molecule has 1 aliphatic heterocycles. The second kappa shape index (κ2) is 7.14. The predicted molar refractivity (Wildman–Crippen MR) is 94.3 cm³/mol. The molecule has 1 N–H and O–H groups in total. The molecular weight excluding hydrogens is 344 g/mol. The van der Waals surface area contributed by atoms with Crippen LogP contribution in [0, 0.1) is 0 Å². The van der Waals surface area contributed by atoms with E-state index < -0.39 is 6.09 Å². The molecule has 1 aliphatic rings. The van der Waals surface area contributed by atoms with Gasteiger partial charge in [0.05, 0.1) is 23.3 Å². The van der Waals surface area contributed by atoms with E-state index in [0.29, 0.717) is 19.5 Å². The molecule has 0 saturated carbocycles. The third kappa shape index (κ3) is 3.46. The molecule has 9 heteroatoms. The molecule has 0 bridgehead atoms. The number of fused-ring (bicyclic) bond motifs is 1. The number of aromatic nitrogens is 1. The topological polar surface area (TPSA) is 85.2 Å². The molecule has 2 aromatic rings. The van der Waals surface area contributed by atoms with Crippen LogP contribution in [0.1, 0.15) is 13.3 Å². The third-order valence-electron chi connectivity index (χ3n) is 4.00. The summed E-state index contributed by atoms with van der Waals surface area (Å²) >= 11 is 1.48. The van der Waals surface area contributed by atoms with Crippen molar-refractivity contribution in [1.29, 1.82) is 0 Å². The summed E-state index contributed by atoms with van der Waals surface area (Å²) in [6.07, 6.45) is -0.347. The Labute approximate surface area is 148 Å². The highest BCUT2D eigenvalue weighted by Crippen LogP contribution is 2.27. The molecule has 0 aliphatic carbocycles. The number of benzene rings is 1. The molecule has 25 heavy (non-hydrogen) atoms. The Hall–Kier alpha value is -2.55. The van der Waals surface area contributed by atoms with Gasteiger partial charge in [-0.2, -0.15) is 0 Å². The molecule has 2 amide bonds. The van der Waals surface area contributed by atoms with Gasteiger partial charge in [0, 0.05) is 19.2 Å². The van der Waals surface area contributed by atoms with Crippen LogP contribution in [0.5, 0.6) is 0 Å². The molecule has 1 saturated heterocycles. The van der Waals surface area contributed by atoms with Crippen molar-refractivity contribution in [2.24, 2.45) is 12.2 Å². The number of cyclic esters (lactones) is 1. The minimum atomic E-state index is -0.405.